The van der Waals surface area contributed by atoms with Gasteiger partial charge in [-0.25, -0.2) is 0 Å². The average molecular weight is 218 g/mol. The molecule has 0 radical (unpaired) electrons. The highest BCUT2D eigenvalue weighted by atomic mass is 16.5. The highest BCUT2D eigenvalue weighted by Crippen LogP contribution is 2.28. The van der Waals surface area contributed by atoms with E-state index in [0.29, 0.717) is 0 Å². The van der Waals surface area contributed by atoms with Crippen LogP contribution in [0.25, 0.3) is 0 Å². The first kappa shape index (κ1) is 10.9. The van der Waals surface area contributed by atoms with Crippen LogP contribution in [0.2, 0.25) is 0 Å². The summed E-state index contributed by atoms with van der Waals surface area (Å²) in [6.07, 6.45) is 3.10. The minimum absolute atomic E-state index is 0.0539. The predicted octanol–water partition coefficient (Wildman–Crippen LogP) is 2.10. The molecule has 0 spiro atoms. The Bertz CT molecular complexity index is 383. The molecule has 0 saturated carbocycles. The second kappa shape index (κ2) is 4.94. The molecule has 0 aromatic heterocycles. The SMILES string of the molecule is CO[C@H](c1ccccc1)[C@@H]1C=COCC1=O. The number of hydrogen-bond donors (Lipinski definition) is 0. The van der Waals surface area contributed by atoms with Crippen molar-refractivity contribution in [3.63, 3.8) is 0 Å². The third-order valence-electron chi connectivity index (χ3n) is 2.69. The van der Waals surface area contributed by atoms with E-state index in [2.05, 4.69) is 0 Å². The fourth-order valence-corrected chi connectivity index (χ4v) is 1.88. The van der Waals surface area contributed by atoms with Crippen molar-refractivity contribution in [2.45, 2.75) is 6.10 Å². The van der Waals surface area contributed by atoms with Gasteiger partial charge in [0.15, 0.2) is 5.78 Å². The molecule has 0 N–H and O–H groups in total. The van der Waals surface area contributed by atoms with Crippen molar-refractivity contribution >= 4 is 5.78 Å². The largest absolute Gasteiger partial charge is 0.494 e. The van der Waals surface area contributed by atoms with Gasteiger partial charge in [0.25, 0.3) is 0 Å². The summed E-state index contributed by atoms with van der Waals surface area (Å²) in [6, 6.07) is 9.75. The van der Waals surface area contributed by atoms with E-state index in [4.69, 9.17) is 9.47 Å². The number of carbonyl (C=O) groups is 1. The van der Waals surface area contributed by atoms with Crippen LogP contribution in [-0.4, -0.2) is 19.5 Å². The fourth-order valence-electron chi connectivity index (χ4n) is 1.88. The Balaban J connectivity index is 2.25. The lowest BCUT2D eigenvalue weighted by atomic mass is 9.91. The van der Waals surface area contributed by atoms with Crippen LogP contribution >= 0.6 is 0 Å². The number of benzene rings is 1. The zero-order valence-corrected chi connectivity index (χ0v) is 9.13. The average Bonchev–Trinajstić information content (AvgIpc) is 2.34. The number of ketones is 1. The van der Waals surface area contributed by atoms with Crippen molar-refractivity contribution < 1.29 is 14.3 Å². The summed E-state index contributed by atoms with van der Waals surface area (Å²) in [7, 11) is 1.62. The number of Topliss-reactive ketones (excluding diaryl/α,β-unsaturated/α-hetero) is 1. The summed E-state index contributed by atoms with van der Waals surface area (Å²) in [5.74, 6) is -0.195. The van der Waals surface area contributed by atoms with Gasteiger partial charge in [-0.15, -0.1) is 0 Å². The zero-order valence-electron chi connectivity index (χ0n) is 9.13. The quantitative estimate of drug-likeness (QED) is 0.779. The van der Waals surface area contributed by atoms with Gasteiger partial charge in [0.05, 0.1) is 18.3 Å². The summed E-state index contributed by atoms with van der Waals surface area (Å²) in [5, 5.41) is 0. The number of methoxy groups -OCH3 is 1. The third kappa shape index (κ3) is 2.14. The standard InChI is InChI=1S/C13H14O3/c1-15-13(10-5-3-2-4-6-10)11-7-8-16-9-12(11)14/h2-8,11,13H,9H2,1H3/t11-,13-/m1/s1. The van der Waals surface area contributed by atoms with Gasteiger partial charge in [-0.2, -0.15) is 0 Å². The van der Waals surface area contributed by atoms with Crippen molar-refractivity contribution in [3.05, 3.63) is 48.2 Å². The van der Waals surface area contributed by atoms with Crippen LogP contribution in [0.5, 0.6) is 0 Å². The van der Waals surface area contributed by atoms with Gasteiger partial charge in [0, 0.05) is 7.11 Å². The second-order valence-electron chi connectivity index (χ2n) is 3.70. The maximum atomic E-state index is 11.7. The lowest BCUT2D eigenvalue weighted by Crippen LogP contribution is -2.27. The van der Waals surface area contributed by atoms with Gasteiger partial charge in [0.2, 0.25) is 0 Å². The lowest BCUT2D eigenvalue weighted by molar-refractivity contribution is -0.129. The number of rotatable bonds is 3. The van der Waals surface area contributed by atoms with Crippen molar-refractivity contribution in [1.82, 2.24) is 0 Å². The predicted molar refractivity (Wildman–Crippen MR) is 59.8 cm³/mol. The molecule has 3 nitrogen and oxygen atoms in total. The summed E-state index contributed by atoms with van der Waals surface area (Å²) < 4.78 is 10.4. The van der Waals surface area contributed by atoms with Gasteiger partial charge in [-0.05, 0) is 11.6 Å². The molecule has 0 aliphatic carbocycles. The molecule has 1 aliphatic rings. The third-order valence-corrected chi connectivity index (χ3v) is 2.69. The highest BCUT2D eigenvalue weighted by molar-refractivity contribution is 5.85. The number of ether oxygens (including phenoxy) is 2. The Kier molecular flexibility index (Phi) is 3.37. The molecule has 0 bridgehead atoms. The van der Waals surface area contributed by atoms with Gasteiger partial charge < -0.3 is 9.47 Å². The summed E-state index contributed by atoms with van der Waals surface area (Å²) in [4.78, 5) is 11.7. The minimum Gasteiger partial charge on any atom is -0.494 e. The van der Waals surface area contributed by atoms with Crippen molar-refractivity contribution in [3.8, 4) is 0 Å². The van der Waals surface area contributed by atoms with Crippen LogP contribution in [0.4, 0.5) is 0 Å². The lowest BCUT2D eigenvalue weighted by Gasteiger charge is -2.24. The summed E-state index contributed by atoms with van der Waals surface area (Å²) in [6.45, 7) is 0.133. The molecule has 0 fully saturated rings. The monoisotopic (exact) mass is 218 g/mol. The molecule has 16 heavy (non-hydrogen) atoms. The minimum atomic E-state index is -0.249. The van der Waals surface area contributed by atoms with Crippen LogP contribution in [0.15, 0.2) is 42.7 Å². The van der Waals surface area contributed by atoms with E-state index >= 15 is 0 Å². The first-order valence-electron chi connectivity index (χ1n) is 5.21. The van der Waals surface area contributed by atoms with Crippen LogP contribution in [-0.2, 0) is 14.3 Å². The van der Waals surface area contributed by atoms with E-state index in [0.717, 1.165) is 5.56 Å². The van der Waals surface area contributed by atoms with Gasteiger partial charge >= 0.3 is 0 Å². The molecule has 1 heterocycles. The fraction of sp³-hybridized carbons (Fsp3) is 0.308. The Morgan fingerprint density at radius 1 is 1.38 bits per heavy atom. The van der Waals surface area contributed by atoms with E-state index in [9.17, 15) is 4.79 Å². The van der Waals surface area contributed by atoms with Crippen molar-refractivity contribution in [2.24, 2.45) is 5.92 Å². The molecule has 1 aliphatic heterocycles. The van der Waals surface area contributed by atoms with Gasteiger partial charge in [-0.1, -0.05) is 30.3 Å². The molecule has 0 saturated heterocycles. The maximum absolute atomic E-state index is 11.7. The van der Waals surface area contributed by atoms with Crippen LogP contribution in [0.3, 0.4) is 0 Å². The van der Waals surface area contributed by atoms with Crippen LogP contribution < -0.4 is 0 Å². The number of hydrogen-bond acceptors (Lipinski definition) is 3. The van der Waals surface area contributed by atoms with Gasteiger partial charge in [0.1, 0.15) is 6.61 Å². The van der Waals surface area contributed by atoms with Crippen LogP contribution in [0.1, 0.15) is 11.7 Å². The molecule has 1 aromatic rings. The second-order valence-corrected chi connectivity index (χ2v) is 3.70. The molecule has 84 valence electrons. The number of carbonyl (C=O) groups excluding carboxylic acids is 1. The van der Waals surface area contributed by atoms with Crippen molar-refractivity contribution in [2.75, 3.05) is 13.7 Å². The topological polar surface area (TPSA) is 35.5 Å². The normalized spacial score (nSPS) is 21.6. The molecule has 2 atom stereocenters. The molecule has 1 aromatic carbocycles. The van der Waals surface area contributed by atoms with E-state index in [1.807, 2.05) is 30.3 Å². The smallest absolute Gasteiger partial charge is 0.180 e. The Hall–Kier alpha value is -1.61. The summed E-state index contributed by atoms with van der Waals surface area (Å²) >= 11 is 0. The zero-order chi connectivity index (χ0) is 11.4. The first-order chi connectivity index (χ1) is 7.83. The molecule has 2 rings (SSSR count). The molecule has 0 unspecified atom stereocenters. The van der Waals surface area contributed by atoms with E-state index in [1.54, 1.807) is 19.4 Å². The van der Waals surface area contributed by atoms with Crippen LogP contribution in [0, 0.1) is 5.92 Å². The Morgan fingerprint density at radius 3 is 2.75 bits per heavy atom. The van der Waals surface area contributed by atoms with E-state index in [1.165, 1.54) is 0 Å². The van der Waals surface area contributed by atoms with Gasteiger partial charge in [-0.3, -0.25) is 4.79 Å². The van der Waals surface area contributed by atoms with E-state index < -0.39 is 0 Å². The summed E-state index contributed by atoms with van der Waals surface area (Å²) in [5.41, 5.74) is 1.01. The van der Waals surface area contributed by atoms with Crippen molar-refractivity contribution in [1.29, 1.82) is 0 Å². The molecule has 3 heteroatoms. The first-order valence-corrected chi connectivity index (χ1v) is 5.21. The maximum Gasteiger partial charge on any atom is 0.180 e. The Labute approximate surface area is 94.7 Å². The highest BCUT2D eigenvalue weighted by Gasteiger charge is 2.29. The molecular formula is C13H14O3. The molecule has 0 amide bonds. The Morgan fingerprint density at radius 2 is 2.12 bits per heavy atom. The molecular weight excluding hydrogens is 204 g/mol. The van der Waals surface area contributed by atoms with E-state index in [-0.39, 0.29) is 24.4 Å².